The zero-order valence-electron chi connectivity index (χ0n) is 40.8. The van der Waals surface area contributed by atoms with Gasteiger partial charge in [0.05, 0.1) is 30.2 Å². The van der Waals surface area contributed by atoms with Gasteiger partial charge < -0.3 is 56.5 Å². The molecule has 0 heterocycles. The van der Waals surface area contributed by atoms with Crippen LogP contribution in [0.15, 0.2) is 121 Å². The average molecular weight is 1060 g/mol. The van der Waals surface area contributed by atoms with Crippen molar-refractivity contribution in [3.05, 3.63) is 144 Å². The Balaban J connectivity index is 0.000000383. The number of carboxylic acids is 1. The first-order chi connectivity index (χ1) is 35.6. The fourth-order valence-electron chi connectivity index (χ4n) is 6.42. The number of carbonyl (C=O) groups is 3. The van der Waals surface area contributed by atoms with Crippen molar-refractivity contribution in [1.29, 1.82) is 0 Å². The van der Waals surface area contributed by atoms with Crippen molar-refractivity contribution in [1.82, 2.24) is 5.32 Å². The van der Waals surface area contributed by atoms with Crippen LogP contribution in [0.1, 0.15) is 77.3 Å². The lowest BCUT2D eigenvalue weighted by molar-refractivity contribution is -0.191. The van der Waals surface area contributed by atoms with E-state index in [0.29, 0.717) is 65.3 Å². The summed E-state index contributed by atoms with van der Waals surface area (Å²) in [6, 6.07) is 28.3. The third-order valence-corrected chi connectivity index (χ3v) is 10.5. The second-order valence-electron chi connectivity index (χ2n) is 15.9. The molecule has 0 aliphatic rings. The number of esters is 1. The van der Waals surface area contributed by atoms with Gasteiger partial charge in [0.1, 0.15) is 23.0 Å². The minimum Gasteiger partial charge on any atom is -0.478 e. The van der Waals surface area contributed by atoms with Crippen LogP contribution in [0.25, 0.3) is 21.5 Å². The highest BCUT2D eigenvalue weighted by Gasteiger charge is 2.31. The van der Waals surface area contributed by atoms with Crippen LogP contribution in [0.5, 0.6) is 23.0 Å². The number of halogens is 6. The Bertz CT molecular complexity index is 2710. The molecule has 0 aliphatic heterocycles. The first-order valence-corrected chi connectivity index (χ1v) is 22.9. The molecule has 6 aromatic carbocycles. The number of nitrogens with two attached hydrogens (primary N) is 2. The molecule has 0 aliphatic carbocycles. The quantitative estimate of drug-likeness (QED) is 0.0295. The minimum absolute atomic E-state index is 0.0370. The molecule has 1 atom stereocenters. The van der Waals surface area contributed by atoms with E-state index in [2.05, 4.69) is 10.1 Å². The summed E-state index contributed by atoms with van der Waals surface area (Å²) in [6.45, 7) is 1.95. The van der Waals surface area contributed by atoms with Gasteiger partial charge in [-0.1, -0.05) is 31.2 Å². The smallest absolute Gasteiger partial charge is 0.416 e. The Kier molecular flexibility index (Phi) is 27.8. The molecule has 22 heteroatoms. The largest absolute Gasteiger partial charge is 0.478 e. The van der Waals surface area contributed by atoms with E-state index < -0.39 is 29.4 Å². The van der Waals surface area contributed by atoms with Gasteiger partial charge in [-0.25, -0.2) is 4.79 Å². The Morgan fingerprint density at radius 1 is 0.600 bits per heavy atom. The number of ether oxygens (including phenoxy) is 3. The molecule has 0 aromatic heterocycles. The van der Waals surface area contributed by atoms with Crippen LogP contribution < -0.4 is 26.3 Å². The summed E-state index contributed by atoms with van der Waals surface area (Å²) in [7, 11) is 1.37. The van der Waals surface area contributed by atoms with Crippen LogP contribution in [0.3, 0.4) is 0 Å². The number of hydrogen-bond donors (Lipinski definition) is 8. The summed E-state index contributed by atoms with van der Waals surface area (Å²) >= 11 is 0. The van der Waals surface area contributed by atoms with Crippen molar-refractivity contribution >= 4 is 45.5 Å². The highest BCUT2D eigenvalue weighted by Crippen LogP contribution is 2.36. The maximum absolute atomic E-state index is 12.7. The second kappa shape index (κ2) is 32.7. The van der Waals surface area contributed by atoms with E-state index in [1.807, 2.05) is 6.92 Å². The number of methoxy groups -OCH3 is 1. The van der Waals surface area contributed by atoms with Gasteiger partial charge >= 0.3 is 30.4 Å². The molecular formula is C53H59F6N3O13. The number of fused-ring (bicyclic) bond motifs is 2. The third kappa shape index (κ3) is 22.7. The number of alkyl halides is 6. The molecule has 0 radical (unpaired) electrons. The molecule has 0 fully saturated rings. The van der Waals surface area contributed by atoms with Gasteiger partial charge in [0.2, 0.25) is 0 Å². The van der Waals surface area contributed by atoms with E-state index in [9.17, 15) is 40.7 Å². The SMILES string of the molecule is CCC(N)CC(=O)OC.NC(CCO)CCO.O=C(NC(CCO)CCO)c1ccc2c(Oc3ccc(C(F)(F)F)cc3)cccc2c1.O=C(O)c1ccc2c(Oc3ccc(C(F)(F)F)cc3)cccc2c1.O=C=O. The van der Waals surface area contributed by atoms with Crippen LogP contribution in [-0.2, 0) is 31.5 Å². The van der Waals surface area contributed by atoms with Gasteiger partial charge in [0, 0.05) is 60.9 Å². The summed E-state index contributed by atoms with van der Waals surface area (Å²) in [5, 5.41) is 49.3. The van der Waals surface area contributed by atoms with Gasteiger partial charge in [-0.2, -0.15) is 35.9 Å². The Labute approximate surface area is 427 Å². The standard InChI is InChI=1S/C23H22F3NO4.C18H11F3O3.C6H13NO2.C5H13NO2.CO2/c24-23(25,26)17-5-7-19(8-6-17)31-21-3-1-2-15-14-16(4-9-20(15)21)22(30)27-18(10-12-28)11-13-29;19-18(20,21)13-5-7-14(8-6-13)24-16-3-1-2-11-10-12(17(22)23)4-9-15(11)16;1-3-5(7)4-6(8)9-2;6-5(1-3-7)2-4-8;2-1-3/h1-9,14,18,28-29H,10-13H2,(H,27,30);1-10H,(H,22,23);5H,3-4,7H2,1-2H3;5,7-8H,1-4,6H2;. The number of nitrogens with one attached hydrogen (secondary N) is 1. The minimum atomic E-state index is -4.41. The summed E-state index contributed by atoms with van der Waals surface area (Å²) in [5.74, 6) is -0.194. The number of benzene rings is 6. The number of hydrogen-bond acceptors (Lipinski definition) is 14. The van der Waals surface area contributed by atoms with Crippen molar-refractivity contribution < 1.29 is 90.1 Å². The van der Waals surface area contributed by atoms with E-state index in [4.69, 9.17) is 56.1 Å². The van der Waals surface area contributed by atoms with Gasteiger partial charge in [0.15, 0.2) is 0 Å². The normalized spacial score (nSPS) is 11.3. The van der Waals surface area contributed by atoms with E-state index >= 15 is 0 Å². The van der Waals surface area contributed by atoms with Gasteiger partial charge in [-0.15, -0.1) is 0 Å². The average Bonchev–Trinajstić information content (AvgIpc) is 3.37. The lowest BCUT2D eigenvalue weighted by Crippen LogP contribution is -2.36. The first-order valence-electron chi connectivity index (χ1n) is 22.9. The Hall–Kier alpha value is -7.43. The second-order valence-corrected chi connectivity index (χ2v) is 15.9. The molecule has 0 saturated carbocycles. The van der Waals surface area contributed by atoms with Gasteiger partial charge in [-0.3, -0.25) is 9.59 Å². The van der Waals surface area contributed by atoms with Crippen LogP contribution in [0, 0.1) is 0 Å². The maximum atomic E-state index is 12.7. The van der Waals surface area contributed by atoms with Crippen molar-refractivity contribution in [3.63, 3.8) is 0 Å². The molecule has 6 rings (SSSR count). The molecule has 1 amide bonds. The van der Waals surface area contributed by atoms with E-state index in [1.54, 1.807) is 60.7 Å². The lowest BCUT2D eigenvalue weighted by atomic mass is 10.0. The molecule has 16 nitrogen and oxygen atoms in total. The predicted octanol–water partition coefficient (Wildman–Crippen LogP) is 8.65. The summed E-state index contributed by atoms with van der Waals surface area (Å²) in [4.78, 5) is 50.3. The van der Waals surface area contributed by atoms with Gasteiger partial charge in [-0.05, 0) is 140 Å². The monoisotopic (exact) mass is 1060 g/mol. The Morgan fingerprint density at radius 3 is 1.36 bits per heavy atom. The number of amides is 1. The summed E-state index contributed by atoms with van der Waals surface area (Å²) in [5.41, 5.74) is 9.87. The van der Waals surface area contributed by atoms with Crippen molar-refractivity contribution in [3.8, 4) is 23.0 Å². The fraction of sp³-hybridized carbons (Fsp3) is 0.321. The summed E-state index contributed by atoms with van der Waals surface area (Å²) < 4.78 is 91.7. The zero-order valence-corrected chi connectivity index (χ0v) is 40.8. The molecule has 6 aromatic rings. The lowest BCUT2D eigenvalue weighted by Gasteiger charge is -2.17. The number of aliphatic hydroxyl groups excluding tert-OH is 4. The molecule has 1 unspecified atom stereocenters. The number of rotatable bonds is 18. The number of carboxylic acid groups (broad SMARTS) is 1. The highest BCUT2D eigenvalue weighted by atomic mass is 19.4. The van der Waals surface area contributed by atoms with Crippen molar-refractivity contribution in [2.45, 2.75) is 75.9 Å². The van der Waals surface area contributed by atoms with E-state index in [0.717, 1.165) is 36.1 Å². The molecule has 0 saturated heterocycles. The third-order valence-electron chi connectivity index (χ3n) is 10.5. The molecule has 10 N–H and O–H groups in total. The van der Waals surface area contributed by atoms with E-state index in [-0.39, 0.29) is 79.6 Å². The molecular weight excluding hydrogens is 1000 g/mol. The van der Waals surface area contributed by atoms with Crippen molar-refractivity contribution in [2.75, 3.05) is 33.5 Å². The first kappa shape index (κ1) is 63.7. The zero-order chi connectivity index (χ0) is 56.1. The number of carbonyl (C=O) groups excluding carboxylic acids is 4. The number of aromatic carboxylic acids is 1. The molecule has 406 valence electrons. The van der Waals surface area contributed by atoms with Crippen LogP contribution >= 0.6 is 0 Å². The molecule has 0 bridgehead atoms. The maximum Gasteiger partial charge on any atom is 0.416 e. The molecule has 75 heavy (non-hydrogen) atoms. The topological polar surface area (TPSA) is 278 Å². The van der Waals surface area contributed by atoms with E-state index in [1.165, 1.54) is 43.5 Å². The van der Waals surface area contributed by atoms with Gasteiger partial charge in [0.25, 0.3) is 5.91 Å². The molecule has 0 spiro atoms. The van der Waals surface area contributed by atoms with Crippen molar-refractivity contribution in [2.24, 2.45) is 11.5 Å². The Morgan fingerprint density at radius 2 is 1.00 bits per heavy atom. The highest BCUT2D eigenvalue weighted by molar-refractivity contribution is 6.00. The van der Waals surface area contributed by atoms with Crippen LogP contribution in [-0.4, -0.2) is 101 Å². The predicted molar refractivity (Wildman–Crippen MR) is 264 cm³/mol. The summed E-state index contributed by atoms with van der Waals surface area (Å²) in [6.07, 6.45) is -5.58. The fourth-order valence-corrected chi connectivity index (χ4v) is 6.42. The van der Waals surface area contributed by atoms with Crippen LogP contribution in [0.2, 0.25) is 0 Å². The van der Waals surface area contributed by atoms with Crippen LogP contribution in [0.4, 0.5) is 26.3 Å². The number of aliphatic hydroxyl groups is 4.